The molecule has 1 saturated heterocycles. The third-order valence-corrected chi connectivity index (χ3v) is 5.70. The lowest BCUT2D eigenvalue weighted by Crippen LogP contribution is -2.64. The molecule has 6 rings (SSSR count). The van der Waals surface area contributed by atoms with Crippen LogP contribution in [0, 0.1) is 35.5 Å². The summed E-state index contributed by atoms with van der Waals surface area (Å²) < 4.78 is 0. The molecule has 5 aliphatic rings. The van der Waals surface area contributed by atoms with Crippen molar-refractivity contribution in [2.24, 2.45) is 35.5 Å². The Morgan fingerprint density at radius 2 is 1.62 bits per heavy atom. The van der Waals surface area contributed by atoms with Gasteiger partial charge in [-0.3, -0.25) is 15.0 Å². The van der Waals surface area contributed by atoms with Crippen LogP contribution in [0.15, 0.2) is 42.5 Å². The number of hydrogen-bond acceptors (Lipinski definition) is 2. The van der Waals surface area contributed by atoms with Gasteiger partial charge in [0.15, 0.2) is 0 Å². The molecule has 1 aliphatic heterocycles. The molecule has 106 valence electrons. The number of nitrogens with one attached hydrogen (secondary N) is 1. The van der Waals surface area contributed by atoms with Crippen molar-refractivity contribution < 1.29 is 9.59 Å². The lowest BCUT2D eigenvalue weighted by atomic mass is 9.61. The average molecular weight is 280 g/mol. The first-order valence-electron chi connectivity index (χ1n) is 7.63. The maximum atomic E-state index is 12.9. The summed E-state index contributed by atoms with van der Waals surface area (Å²) in [6.07, 6.45) is 5.56. The molecule has 4 heteroatoms. The molecule has 1 aromatic rings. The van der Waals surface area contributed by atoms with E-state index < -0.39 is 0 Å². The summed E-state index contributed by atoms with van der Waals surface area (Å²) in [5, 5.41) is 1.45. The van der Waals surface area contributed by atoms with Gasteiger partial charge in [-0.15, -0.1) is 0 Å². The molecular weight excluding hydrogens is 264 g/mol. The zero-order valence-electron chi connectivity index (χ0n) is 11.5. The van der Waals surface area contributed by atoms with Crippen LogP contribution in [0.25, 0.3) is 0 Å². The fraction of sp³-hybridized carbons (Fsp3) is 0.412. The first-order valence-corrected chi connectivity index (χ1v) is 7.63. The van der Waals surface area contributed by atoms with Crippen molar-refractivity contribution in [3.8, 4) is 0 Å². The third-order valence-electron chi connectivity index (χ3n) is 5.70. The zero-order chi connectivity index (χ0) is 14.1. The van der Waals surface area contributed by atoms with Gasteiger partial charge in [-0.2, -0.15) is 0 Å². The first-order chi connectivity index (χ1) is 10.3. The summed E-state index contributed by atoms with van der Waals surface area (Å²) in [5.41, 5.74) is 3.56. The molecule has 1 N–H and O–H groups in total. The van der Waals surface area contributed by atoms with E-state index in [0.717, 1.165) is 5.69 Å². The maximum absolute atomic E-state index is 12.9. The van der Waals surface area contributed by atoms with Crippen LogP contribution in [-0.2, 0) is 9.59 Å². The normalized spacial score (nSPS) is 42.4. The molecular formula is C17H16N2O2. The van der Waals surface area contributed by atoms with Crippen molar-refractivity contribution in [1.82, 2.24) is 5.43 Å². The number of amides is 2. The minimum Gasteiger partial charge on any atom is -0.273 e. The van der Waals surface area contributed by atoms with Crippen LogP contribution in [0.1, 0.15) is 6.42 Å². The van der Waals surface area contributed by atoms with Crippen LogP contribution in [0.5, 0.6) is 0 Å². The van der Waals surface area contributed by atoms with Gasteiger partial charge >= 0.3 is 0 Å². The maximum Gasteiger partial charge on any atom is 0.250 e. The highest BCUT2D eigenvalue weighted by atomic mass is 16.2. The topological polar surface area (TPSA) is 49.4 Å². The Balaban J connectivity index is 1.56. The lowest BCUT2D eigenvalue weighted by Gasteiger charge is -2.48. The zero-order valence-corrected chi connectivity index (χ0v) is 11.5. The Morgan fingerprint density at radius 1 is 0.952 bits per heavy atom. The van der Waals surface area contributed by atoms with Crippen molar-refractivity contribution in [3.63, 3.8) is 0 Å². The monoisotopic (exact) mass is 280 g/mol. The van der Waals surface area contributed by atoms with Crippen molar-refractivity contribution in [1.29, 1.82) is 0 Å². The van der Waals surface area contributed by atoms with Crippen molar-refractivity contribution >= 4 is 17.5 Å². The summed E-state index contributed by atoms with van der Waals surface area (Å²) >= 11 is 0. The van der Waals surface area contributed by atoms with E-state index in [1.54, 1.807) is 0 Å². The SMILES string of the molecule is O=C1NN(c2ccccc2)C(=O)[C@@H]2[C@H]3C=C[C@@H]([C@@H]4C[C@H]34)[C@@H]12. The molecule has 2 bridgehead atoms. The number of hydrogen-bond donors (Lipinski definition) is 1. The number of allylic oxidation sites excluding steroid dienone is 2. The number of hydrazine groups is 1. The molecule has 4 aliphatic carbocycles. The van der Waals surface area contributed by atoms with Crippen LogP contribution in [0.2, 0.25) is 0 Å². The third kappa shape index (κ3) is 1.40. The Labute approximate surface area is 122 Å². The van der Waals surface area contributed by atoms with E-state index in [9.17, 15) is 9.59 Å². The molecule has 0 spiro atoms. The van der Waals surface area contributed by atoms with Gasteiger partial charge in [0.1, 0.15) is 0 Å². The smallest absolute Gasteiger partial charge is 0.250 e. The summed E-state index contributed by atoms with van der Waals surface area (Å²) in [4.78, 5) is 25.5. The van der Waals surface area contributed by atoms with Gasteiger partial charge in [0, 0.05) is 0 Å². The van der Waals surface area contributed by atoms with Crippen molar-refractivity contribution in [3.05, 3.63) is 42.5 Å². The minimum absolute atomic E-state index is 0.00755. The Hall–Kier alpha value is -2.10. The summed E-state index contributed by atoms with van der Waals surface area (Å²) in [6, 6.07) is 9.38. The Morgan fingerprint density at radius 3 is 2.33 bits per heavy atom. The number of carbonyl (C=O) groups is 2. The van der Waals surface area contributed by atoms with Gasteiger partial charge in [0.05, 0.1) is 17.5 Å². The van der Waals surface area contributed by atoms with Gasteiger partial charge in [0.2, 0.25) is 11.8 Å². The molecule has 3 fully saturated rings. The van der Waals surface area contributed by atoms with E-state index in [-0.39, 0.29) is 35.5 Å². The quantitative estimate of drug-likeness (QED) is 0.797. The predicted octanol–water partition coefficient (Wildman–Crippen LogP) is 1.75. The molecule has 1 heterocycles. The second-order valence-corrected chi connectivity index (χ2v) is 6.64. The van der Waals surface area contributed by atoms with E-state index in [1.165, 1.54) is 11.4 Å². The van der Waals surface area contributed by atoms with Crippen LogP contribution >= 0.6 is 0 Å². The molecule has 0 aromatic heterocycles. The highest BCUT2D eigenvalue weighted by molar-refractivity contribution is 6.04. The molecule has 1 aromatic carbocycles. The van der Waals surface area contributed by atoms with Crippen molar-refractivity contribution in [2.45, 2.75) is 6.42 Å². The van der Waals surface area contributed by atoms with Crippen LogP contribution in [0.4, 0.5) is 5.69 Å². The lowest BCUT2D eigenvalue weighted by molar-refractivity contribution is -0.146. The van der Waals surface area contributed by atoms with E-state index in [1.807, 2.05) is 30.3 Å². The van der Waals surface area contributed by atoms with Crippen molar-refractivity contribution in [2.75, 3.05) is 5.01 Å². The van der Waals surface area contributed by atoms with E-state index in [4.69, 9.17) is 0 Å². The molecule has 0 unspecified atom stereocenters. The number of carbonyl (C=O) groups excluding carboxylic acids is 2. The van der Waals surface area contributed by atoms with Crippen LogP contribution < -0.4 is 10.4 Å². The highest BCUT2D eigenvalue weighted by Gasteiger charge is 2.64. The molecule has 21 heavy (non-hydrogen) atoms. The Bertz CT molecular complexity index is 669. The number of para-hydroxylation sites is 1. The molecule has 0 radical (unpaired) electrons. The second kappa shape index (κ2) is 3.75. The standard InChI is InChI=1S/C17H16N2O2/c20-16-14-10-6-7-11(13-8-12(10)13)15(14)17(21)19(18-16)9-4-2-1-3-5-9/h1-7,10-15H,8H2,(H,18,20)/t10-,11-,12-,13+,14+,15+/m0/s1. The minimum atomic E-state index is -0.169. The molecule has 2 saturated carbocycles. The fourth-order valence-electron chi connectivity index (χ4n) is 4.73. The second-order valence-electron chi connectivity index (χ2n) is 6.64. The molecule has 6 atom stereocenters. The number of rotatable bonds is 1. The van der Waals surface area contributed by atoms with E-state index in [0.29, 0.717) is 11.8 Å². The predicted molar refractivity (Wildman–Crippen MR) is 76.8 cm³/mol. The summed E-state index contributed by atoms with van der Waals surface area (Å²) in [6.45, 7) is 0. The summed E-state index contributed by atoms with van der Waals surface area (Å²) in [5.74, 6) is 1.54. The highest BCUT2D eigenvalue weighted by Crippen LogP contribution is 2.64. The van der Waals surface area contributed by atoms with Gasteiger partial charge in [-0.1, -0.05) is 30.4 Å². The van der Waals surface area contributed by atoms with Gasteiger partial charge in [-0.25, -0.2) is 5.01 Å². The van der Waals surface area contributed by atoms with Crippen LogP contribution in [0.3, 0.4) is 0 Å². The largest absolute Gasteiger partial charge is 0.273 e. The Kier molecular flexibility index (Phi) is 2.06. The first kappa shape index (κ1) is 11.5. The van der Waals surface area contributed by atoms with Crippen LogP contribution in [-0.4, -0.2) is 11.8 Å². The summed E-state index contributed by atoms with van der Waals surface area (Å²) in [7, 11) is 0. The van der Waals surface area contributed by atoms with Gasteiger partial charge in [-0.05, 0) is 42.2 Å². The fourth-order valence-corrected chi connectivity index (χ4v) is 4.73. The van der Waals surface area contributed by atoms with Gasteiger partial charge in [0.25, 0.3) is 0 Å². The average Bonchev–Trinajstić information content (AvgIpc) is 3.33. The number of anilines is 1. The molecule has 4 nitrogen and oxygen atoms in total. The van der Waals surface area contributed by atoms with E-state index >= 15 is 0 Å². The number of nitrogens with zero attached hydrogens (tertiary/aromatic N) is 1. The van der Waals surface area contributed by atoms with E-state index in [2.05, 4.69) is 17.6 Å². The molecule has 2 amide bonds. The number of benzene rings is 1. The van der Waals surface area contributed by atoms with Gasteiger partial charge < -0.3 is 0 Å².